The van der Waals surface area contributed by atoms with Crippen LogP contribution < -0.4 is 10.5 Å². The van der Waals surface area contributed by atoms with Gasteiger partial charge in [-0.3, -0.25) is 0 Å². The summed E-state index contributed by atoms with van der Waals surface area (Å²) in [6.07, 6.45) is 6.27. The lowest BCUT2D eigenvalue weighted by Gasteiger charge is -2.38. The molecule has 2 rings (SSSR count). The van der Waals surface area contributed by atoms with Gasteiger partial charge in [0.05, 0.1) is 6.61 Å². The smallest absolute Gasteiger partial charge is 0.119 e. The molecule has 0 unspecified atom stereocenters. The second-order valence-electron chi connectivity index (χ2n) is 5.80. The molecule has 0 atom stereocenters. The maximum Gasteiger partial charge on any atom is 0.119 e. The third-order valence-electron chi connectivity index (χ3n) is 4.41. The van der Waals surface area contributed by atoms with E-state index < -0.39 is 0 Å². The van der Waals surface area contributed by atoms with Crippen molar-refractivity contribution in [3.8, 4) is 5.75 Å². The minimum atomic E-state index is 0.335. The Kier molecular flexibility index (Phi) is 4.65. The summed E-state index contributed by atoms with van der Waals surface area (Å²) in [5.41, 5.74) is 6.34. The van der Waals surface area contributed by atoms with Gasteiger partial charge in [0.1, 0.15) is 5.75 Å². The van der Waals surface area contributed by atoms with E-state index >= 15 is 0 Å². The molecule has 2 nitrogen and oxygen atoms in total. The normalized spacial score (nSPS) is 28.0. The van der Waals surface area contributed by atoms with Gasteiger partial charge in [0.15, 0.2) is 0 Å². The highest BCUT2D eigenvalue weighted by atomic mass is 16.5. The molecule has 0 aromatic heterocycles. The molecule has 1 aliphatic carbocycles. The lowest BCUT2D eigenvalue weighted by Crippen LogP contribution is -2.35. The topological polar surface area (TPSA) is 35.2 Å². The Balaban J connectivity index is 1.81. The van der Waals surface area contributed by atoms with Crippen molar-refractivity contribution in [1.82, 2.24) is 0 Å². The first-order valence-electron chi connectivity index (χ1n) is 7.12. The van der Waals surface area contributed by atoms with Gasteiger partial charge in [0.25, 0.3) is 0 Å². The number of hydrogen-bond donors (Lipinski definition) is 1. The zero-order valence-electron chi connectivity index (χ0n) is 11.4. The largest absolute Gasteiger partial charge is 0.494 e. The number of nitrogens with two attached hydrogens (primary N) is 1. The van der Waals surface area contributed by atoms with Gasteiger partial charge >= 0.3 is 0 Å². The molecule has 0 aliphatic heterocycles. The molecule has 1 aliphatic rings. The van der Waals surface area contributed by atoms with E-state index in [2.05, 4.69) is 6.92 Å². The Labute approximate surface area is 111 Å². The third kappa shape index (κ3) is 3.49. The van der Waals surface area contributed by atoms with Crippen LogP contribution in [0.4, 0.5) is 0 Å². The molecule has 0 amide bonds. The van der Waals surface area contributed by atoms with Crippen LogP contribution in [0.1, 0.15) is 39.0 Å². The molecule has 1 fully saturated rings. The average Bonchev–Trinajstić information content (AvgIpc) is 2.43. The summed E-state index contributed by atoms with van der Waals surface area (Å²) < 4.78 is 5.81. The summed E-state index contributed by atoms with van der Waals surface area (Å²) in [4.78, 5) is 0. The van der Waals surface area contributed by atoms with E-state index in [9.17, 15) is 0 Å². The quantitative estimate of drug-likeness (QED) is 0.862. The predicted molar refractivity (Wildman–Crippen MR) is 75.7 cm³/mol. The SMILES string of the molecule is CC1CCC(CN)(CCOc2ccccc2)CC1. The van der Waals surface area contributed by atoms with Crippen LogP contribution in [0.2, 0.25) is 0 Å². The van der Waals surface area contributed by atoms with E-state index in [-0.39, 0.29) is 0 Å². The van der Waals surface area contributed by atoms with Crippen LogP contribution in [-0.4, -0.2) is 13.2 Å². The van der Waals surface area contributed by atoms with Crippen molar-refractivity contribution in [1.29, 1.82) is 0 Å². The van der Waals surface area contributed by atoms with Gasteiger partial charge < -0.3 is 10.5 Å². The first kappa shape index (κ1) is 13.4. The van der Waals surface area contributed by atoms with Gasteiger partial charge in [-0.1, -0.05) is 38.0 Å². The fourth-order valence-corrected chi connectivity index (χ4v) is 2.83. The van der Waals surface area contributed by atoms with Crippen molar-refractivity contribution in [3.63, 3.8) is 0 Å². The summed E-state index contributed by atoms with van der Waals surface area (Å²) in [5, 5.41) is 0. The van der Waals surface area contributed by atoms with Gasteiger partial charge in [0, 0.05) is 0 Å². The van der Waals surface area contributed by atoms with Crippen LogP contribution in [0, 0.1) is 11.3 Å². The van der Waals surface area contributed by atoms with Crippen molar-refractivity contribution in [2.24, 2.45) is 17.1 Å². The third-order valence-corrected chi connectivity index (χ3v) is 4.41. The zero-order chi connectivity index (χ0) is 12.8. The minimum absolute atomic E-state index is 0.335. The Morgan fingerprint density at radius 1 is 1.22 bits per heavy atom. The molecule has 0 radical (unpaired) electrons. The van der Waals surface area contributed by atoms with Gasteiger partial charge in [-0.2, -0.15) is 0 Å². The molecule has 2 heteroatoms. The summed E-state index contributed by atoms with van der Waals surface area (Å²) in [6.45, 7) is 3.94. The van der Waals surface area contributed by atoms with Crippen molar-refractivity contribution in [2.45, 2.75) is 39.0 Å². The van der Waals surface area contributed by atoms with Gasteiger partial charge in [-0.05, 0) is 49.3 Å². The predicted octanol–water partition coefficient (Wildman–Crippen LogP) is 3.61. The van der Waals surface area contributed by atoms with E-state index in [1.807, 2.05) is 30.3 Å². The second kappa shape index (κ2) is 6.24. The molecule has 0 saturated heterocycles. The van der Waals surface area contributed by atoms with Crippen LogP contribution in [0.5, 0.6) is 5.75 Å². The Hall–Kier alpha value is -1.02. The summed E-state index contributed by atoms with van der Waals surface area (Å²) in [7, 11) is 0. The van der Waals surface area contributed by atoms with Crippen LogP contribution in [0.3, 0.4) is 0 Å². The molecule has 100 valence electrons. The maximum absolute atomic E-state index is 6.01. The maximum atomic E-state index is 6.01. The fraction of sp³-hybridized carbons (Fsp3) is 0.625. The lowest BCUT2D eigenvalue weighted by atomic mass is 9.69. The Bertz CT molecular complexity index is 341. The molecule has 18 heavy (non-hydrogen) atoms. The molecule has 2 N–H and O–H groups in total. The van der Waals surface area contributed by atoms with Gasteiger partial charge in [-0.25, -0.2) is 0 Å². The zero-order valence-corrected chi connectivity index (χ0v) is 11.4. The molecule has 0 heterocycles. The summed E-state index contributed by atoms with van der Waals surface area (Å²) in [5.74, 6) is 1.84. The molecular formula is C16H25NO. The molecule has 1 aromatic rings. The number of ether oxygens (including phenoxy) is 1. The lowest BCUT2D eigenvalue weighted by molar-refractivity contribution is 0.123. The van der Waals surface area contributed by atoms with Crippen LogP contribution in [-0.2, 0) is 0 Å². The summed E-state index contributed by atoms with van der Waals surface area (Å²) in [6, 6.07) is 10.1. The van der Waals surface area contributed by atoms with Gasteiger partial charge in [-0.15, -0.1) is 0 Å². The highest BCUT2D eigenvalue weighted by Gasteiger charge is 2.32. The summed E-state index contributed by atoms with van der Waals surface area (Å²) >= 11 is 0. The number of hydrogen-bond acceptors (Lipinski definition) is 2. The first-order chi connectivity index (χ1) is 8.74. The van der Waals surface area contributed by atoms with E-state index in [1.165, 1.54) is 25.7 Å². The van der Waals surface area contributed by atoms with E-state index in [0.29, 0.717) is 5.41 Å². The monoisotopic (exact) mass is 247 g/mol. The Morgan fingerprint density at radius 2 is 1.89 bits per heavy atom. The number of rotatable bonds is 5. The van der Waals surface area contributed by atoms with Crippen molar-refractivity contribution in [3.05, 3.63) is 30.3 Å². The molecule has 0 spiro atoms. The van der Waals surface area contributed by atoms with Crippen LogP contribution in [0.15, 0.2) is 30.3 Å². The van der Waals surface area contributed by atoms with Crippen molar-refractivity contribution in [2.75, 3.05) is 13.2 Å². The molecule has 1 aromatic carbocycles. The molecular weight excluding hydrogens is 222 g/mol. The number of para-hydroxylation sites is 1. The van der Waals surface area contributed by atoms with E-state index in [0.717, 1.165) is 31.2 Å². The second-order valence-corrected chi connectivity index (χ2v) is 5.80. The van der Waals surface area contributed by atoms with E-state index in [4.69, 9.17) is 10.5 Å². The highest BCUT2D eigenvalue weighted by Crippen LogP contribution is 2.40. The Morgan fingerprint density at radius 3 is 2.50 bits per heavy atom. The minimum Gasteiger partial charge on any atom is -0.494 e. The van der Waals surface area contributed by atoms with E-state index in [1.54, 1.807) is 0 Å². The standard InChI is InChI=1S/C16H25NO/c1-14-7-9-16(13-17,10-8-14)11-12-18-15-5-3-2-4-6-15/h2-6,14H,7-13,17H2,1H3. The van der Waals surface area contributed by atoms with Crippen LogP contribution >= 0.6 is 0 Å². The molecule has 1 saturated carbocycles. The average molecular weight is 247 g/mol. The van der Waals surface area contributed by atoms with Gasteiger partial charge in [0.2, 0.25) is 0 Å². The van der Waals surface area contributed by atoms with Crippen molar-refractivity contribution < 1.29 is 4.74 Å². The van der Waals surface area contributed by atoms with Crippen molar-refractivity contribution >= 4 is 0 Å². The first-order valence-corrected chi connectivity index (χ1v) is 7.12. The van der Waals surface area contributed by atoms with Crippen LogP contribution in [0.25, 0.3) is 0 Å². The number of benzene rings is 1. The fourth-order valence-electron chi connectivity index (χ4n) is 2.83. The highest BCUT2D eigenvalue weighted by molar-refractivity contribution is 5.20. The molecule has 0 bridgehead atoms.